The van der Waals surface area contributed by atoms with Gasteiger partial charge in [0.25, 0.3) is 0 Å². The van der Waals surface area contributed by atoms with E-state index in [-0.39, 0.29) is 6.04 Å². The highest BCUT2D eigenvalue weighted by molar-refractivity contribution is 7.89. The summed E-state index contributed by atoms with van der Waals surface area (Å²) < 4.78 is 26.7. The molecule has 0 aromatic carbocycles. The zero-order valence-corrected chi connectivity index (χ0v) is 12.5. The first kappa shape index (κ1) is 14.3. The average molecular weight is 274 g/mol. The maximum Gasteiger partial charge on any atom is 0.214 e. The second kappa shape index (κ2) is 5.47. The zero-order chi connectivity index (χ0) is 13.3. The van der Waals surface area contributed by atoms with Crippen LogP contribution in [-0.4, -0.2) is 44.2 Å². The van der Waals surface area contributed by atoms with E-state index in [1.165, 1.54) is 0 Å². The van der Waals surface area contributed by atoms with E-state index in [1.54, 1.807) is 0 Å². The molecule has 2 aliphatic heterocycles. The first-order chi connectivity index (χ1) is 8.45. The van der Waals surface area contributed by atoms with Crippen molar-refractivity contribution in [2.24, 2.45) is 17.8 Å². The molecule has 2 aliphatic rings. The molecule has 2 saturated heterocycles. The molecular formula is C13H26N2O2S. The van der Waals surface area contributed by atoms with Gasteiger partial charge in [-0.3, -0.25) is 0 Å². The van der Waals surface area contributed by atoms with Crippen LogP contribution in [0, 0.1) is 17.8 Å². The summed E-state index contributed by atoms with van der Waals surface area (Å²) in [5, 5.41) is 3.39. The van der Waals surface area contributed by atoms with Crippen LogP contribution in [0.3, 0.4) is 0 Å². The molecule has 3 atom stereocenters. The van der Waals surface area contributed by atoms with Gasteiger partial charge in [0.2, 0.25) is 10.0 Å². The van der Waals surface area contributed by atoms with E-state index in [0.717, 1.165) is 32.5 Å². The minimum absolute atomic E-state index is 0.224. The molecule has 0 saturated carbocycles. The van der Waals surface area contributed by atoms with Crippen LogP contribution in [0.5, 0.6) is 0 Å². The van der Waals surface area contributed by atoms with E-state index < -0.39 is 10.0 Å². The monoisotopic (exact) mass is 274 g/mol. The molecule has 5 heteroatoms. The second-order valence-electron chi connectivity index (χ2n) is 6.13. The summed E-state index contributed by atoms with van der Waals surface area (Å²) in [6.45, 7) is 8.97. The van der Waals surface area contributed by atoms with Crippen LogP contribution in [-0.2, 0) is 10.0 Å². The molecule has 18 heavy (non-hydrogen) atoms. The van der Waals surface area contributed by atoms with Crippen molar-refractivity contribution in [1.29, 1.82) is 0 Å². The third-order valence-electron chi connectivity index (χ3n) is 4.40. The van der Waals surface area contributed by atoms with E-state index in [1.807, 2.05) is 4.31 Å². The number of sulfonamides is 1. The summed E-state index contributed by atoms with van der Waals surface area (Å²) in [6, 6.07) is 0.224. The molecule has 2 heterocycles. The summed E-state index contributed by atoms with van der Waals surface area (Å²) in [7, 11) is -3.05. The summed E-state index contributed by atoms with van der Waals surface area (Å²) in [6.07, 6.45) is 1.70. The van der Waals surface area contributed by atoms with E-state index >= 15 is 0 Å². The number of fused-ring (bicyclic) bond motifs is 1. The van der Waals surface area contributed by atoms with Gasteiger partial charge in [0, 0.05) is 12.6 Å². The lowest BCUT2D eigenvalue weighted by atomic mass is 9.93. The van der Waals surface area contributed by atoms with Gasteiger partial charge >= 0.3 is 0 Å². The van der Waals surface area contributed by atoms with E-state index in [9.17, 15) is 8.42 Å². The highest BCUT2D eigenvalue weighted by Crippen LogP contribution is 2.36. The summed E-state index contributed by atoms with van der Waals surface area (Å²) in [5.41, 5.74) is 0. The molecule has 3 unspecified atom stereocenters. The molecular weight excluding hydrogens is 248 g/mol. The molecule has 0 aromatic rings. The normalized spacial score (nSPS) is 33.2. The van der Waals surface area contributed by atoms with E-state index in [4.69, 9.17) is 0 Å². The summed E-state index contributed by atoms with van der Waals surface area (Å²) in [4.78, 5) is 0. The molecule has 0 bridgehead atoms. The molecule has 4 nitrogen and oxygen atoms in total. The van der Waals surface area contributed by atoms with Crippen LogP contribution in [0.2, 0.25) is 0 Å². The lowest BCUT2D eigenvalue weighted by molar-refractivity contribution is 0.328. The predicted molar refractivity (Wildman–Crippen MR) is 73.9 cm³/mol. The molecule has 1 N–H and O–H groups in total. The zero-order valence-electron chi connectivity index (χ0n) is 11.7. The summed E-state index contributed by atoms with van der Waals surface area (Å²) >= 11 is 0. The summed E-state index contributed by atoms with van der Waals surface area (Å²) in [5.74, 6) is 1.82. The fourth-order valence-corrected chi connectivity index (χ4v) is 5.45. The van der Waals surface area contributed by atoms with Gasteiger partial charge < -0.3 is 5.32 Å². The Morgan fingerprint density at radius 1 is 1.33 bits per heavy atom. The Kier molecular flexibility index (Phi) is 4.34. The minimum atomic E-state index is -3.05. The van der Waals surface area contributed by atoms with Crippen LogP contribution in [0.25, 0.3) is 0 Å². The van der Waals surface area contributed by atoms with Crippen LogP contribution < -0.4 is 5.32 Å². The van der Waals surface area contributed by atoms with Gasteiger partial charge in [0.1, 0.15) is 0 Å². The number of rotatable bonds is 5. The minimum Gasteiger partial charge on any atom is -0.316 e. The number of hydrogen-bond donors (Lipinski definition) is 1. The first-order valence-corrected chi connectivity index (χ1v) is 8.76. The van der Waals surface area contributed by atoms with Crippen molar-refractivity contribution in [2.45, 2.75) is 39.7 Å². The number of hydrogen-bond acceptors (Lipinski definition) is 3. The van der Waals surface area contributed by atoms with Gasteiger partial charge in [-0.15, -0.1) is 0 Å². The first-order valence-electron chi connectivity index (χ1n) is 7.16. The largest absolute Gasteiger partial charge is 0.316 e. The Balaban J connectivity index is 2.08. The Bertz CT molecular complexity index is 380. The van der Waals surface area contributed by atoms with Crippen molar-refractivity contribution in [3.05, 3.63) is 0 Å². The molecule has 0 radical (unpaired) electrons. The van der Waals surface area contributed by atoms with Crippen molar-refractivity contribution in [1.82, 2.24) is 9.62 Å². The fourth-order valence-electron chi connectivity index (χ4n) is 3.31. The maximum atomic E-state index is 12.4. The molecule has 0 spiro atoms. The van der Waals surface area contributed by atoms with Gasteiger partial charge in [-0.1, -0.05) is 20.8 Å². The maximum absolute atomic E-state index is 12.4. The number of nitrogens with one attached hydrogen (secondary N) is 1. The SMILES string of the molecule is CCC1C2CNCC2CN1S(=O)(=O)CCC(C)C. The van der Waals surface area contributed by atoms with Crippen molar-refractivity contribution in [3.63, 3.8) is 0 Å². The molecule has 2 fully saturated rings. The van der Waals surface area contributed by atoms with Crippen molar-refractivity contribution in [3.8, 4) is 0 Å². The molecule has 0 aliphatic carbocycles. The Hall–Kier alpha value is -0.130. The lowest BCUT2D eigenvalue weighted by Gasteiger charge is -2.26. The standard InChI is InChI=1S/C13H26N2O2S/c1-4-13-12-8-14-7-11(12)9-15(13)18(16,17)6-5-10(2)3/h10-14H,4-9H2,1-3H3. The van der Waals surface area contributed by atoms with Gasteiger partial charge in [-0.25, -0.2) is 8.42 Å². The quantitative estimate of drug-likeness (QED) is 0.822. The molecule has 106 valence electrons. The highest BCUT2D eigenvalue weighted by Gasteiger charge is 2.47. The van der Waals surface area contributed by atoms with Crippen LogP contribution in [0.4, 0.5) is 0 Å². The molecule has 2 rings (SSSR count). The van der Waals surface area contributed by atoms with Gasteiger partial charge in [0.15, 0.2) is 0 Å². The highest BCUT2D eigenvalue weighted by atomic mass is 32.2. The third-order valence-corrected chi connectivity index (χ3v) is 6.29. The predicted octanol–water partition coefficient (Wildman–Crippen LogP) is 1.29. The van der Waals surface area contributed by atoms with Crippen LogP contribution in [0.1, 0.15) is 33.6 Å². The third kappa shape index (κ3) is 2.73. The molecule has 0 amide bonds. The Morgan fingerprint density at radius 2 is 2.06 bits per heavy atom. The molecule has 0 aromatic heterocycles. The van der Waals surface area contributed by atoms with E-state index in [0.29, 0.717) is 23.5 Å². The van der Waals surface area contributed by atoms with Crippen LogP contribution >= 0.6 is 0 Å². The van der Waals surface area contributed by atoms with Crippen LogP contribution in [0.15, 0.2) is 0 Å². The number of nitrogens with zero attached hydrogens (tertiary/aromatic N) is 1. The van der Waals surface area contributed by atoms with Gasteiger partial charge in [0.05, 0.1) is 5.75 Å². The Labute approximate surface area is 111 Å². The van der Waals surface area contributed by atoms with Gasteiger partial charge in [-0.05, 0) is 43.7 Å². The lowest BCUT2D eigenvalue weighted by Crippen LogP contribution is -2.40. The van der Waals surface area contributed by atoms with Crippen molar-refractivity contribution < 1.29 is 8.42 Å². The fraction of sp³-hybridized carbons (Fsp3) is 1.00. The topological polar surface area (TPSA) is 49.4 Å². The average Bonchev–Trinajstić information content (AvgIpc) is 2.85. The smallest absolute Gasteiger partial charge is 0.214 e. The van der Waals surface area contributed by atoms with E-state index in [2.05, 4.69) is 26.1 Å². The Morgan fingerprint density at radius 3 is 2.67 bits per heavy atom. The second-order valence-corrected chi connectivity index (χ2v) is 8.17. The van der Waals surface area contributed by atoms with Gasteiger partial charge in [-0.2, -0.15) is 4.31 Å². The van der Waals surface area contributed by atoms with Crippen molar-refractivity contribution >= 4 is 10.0 Å². The van der Waals surface area contributed by atoms with Crippen molar-refractivity contribution in [2.75, 3.05) is 25.4 Å².